The summed E-state index contributed by atoms with van der Waals surface area (Å²) in [4.78, 5) is 16.4. The quantitative estimate of drug-likeness (QED) is 0.725. The van der Waals surface area contributed by atoms with Crippen molar-refractivity contribution in [2.45, 2.75) is 20.0 Å². The van der Waals surface area contributed by atoms with Crippen LogP contribution in [-0.2, 0) is 13.0 Å². The lowest BCUT2D eigenvalue weighted by Gasteiger charge is -2.06. The van der Waals surface area contributed by atoms with Crippen molar-refractivity contribution in [1.82, 2.24) is 10.3 Å². The Balaban J connectivity index is 1.62. The van der Waals surface area contributed by atoms with E-state index in [-0.39, 0.29) is 12.5 Å². The minimum absolute atomic E-state index is 0.0327. The van der Waals surface area contributed by atoms with E-state index in [1.807, 2.05) is 55.5 Å². The third-order valence-corrected chi connectivity index (χ3v) is 4.00. The summed E-state index contributed by atoms with van der Waals surface area (Å²) in [5.74, 6) is 0.223. The molecule has 0 radical (unpaired) electrons. The monoisotopic (exact) mass is 336 g/mol. The third kappa shape index (κ3) is 4.14. The second kappa shape index (κ2) is 7.77. The Hall–Kier alpha value is -2.92. The summed E-state index contributed by atoms with van der Waals surface area (Å²) >= 11 is 0. The van der Waals surface area contributed by atoms with Crippen molar-refractivity contribution >= 4 is 5.91 Å². The summed E-state index contributed by atoms with van der Waals surface area (Å²) in [5, 5.41) is 11.9. The smallest absolute Gasteiger partial charge is 0.273 e. The minimum atomic E-state index is -0.253. The van der Waals surface area contributed by atoms with Gasteiger partial charge in [0.05, 0.1) is 6.61 Å². The summed E-state index contributed by atoms with van der Waals surface area (Å²) in [6.07, 6.45) is 1.99. The molecule has 3 aromatic rings. The first-order chi connectivity index (χ1) is 12.2. The Morgan fingerprint density at radius 2 is 1.76 bits per heavy atom. The number of hydrogen-bond acceptors (Lipinski definition) is 4. The van der Waals surface area contributed by atoms with Gasteiger partial charge < -0.3 is 14.8 Å². The molecule has 1 heterocycles. The molecule has 0 fully saturated rings. The second-order valence-electron chi connectivity index (χ2n) is 5.88. The van der Waals surface area contributed by atoms with E-state index in [0.29, 0.717) is 24.4 Å². The van der Waals surface area contributed by atoms with Crippen molar-refractivity contribution < 1.29 is 14.3 Å². The van der Waals surface area contributed by atoms with E-state index in [1.54, 1.807) is 0 Å². The maximum atomic E-state index is 12.4. The highest BCUT2D eigenvalue weighted by Gasteiger charge is 2.17. The van der Waals surface area contributed by atoms with Gasteiger partial charge in [-0.2, -0.15) is 0 Å². The van der Waals surface area contributed by atoms with E-state index >= 15 is 0 Å². The largest absolute Gasteiger partial charge is 0.443 e. The lowest BCUT2D eigenvalue weighted by Crippen LogP contribution is -2.26. The molecule has 0 spiro atoms. The van der Waals surface area contributed by atoms with E-state index in [0.717, 1.165) is 22.3 Å². The Bertz CT molecular complexity index is 836. The van der Waals surface area contributed by atoms with Crippen LogP contribution in [0.25, 0.3) is 11.3 Å². The Morgan fingerprint density at radius 3 is 2.44 bits per heavy atom. The van der Waals surface area contributed by atoms with Crippen LogP contribution < -0.4 is 5.32 Å². The first kappa shape index (κ1) is 16.9. The van der Waals surface area contributed by atoms with Gasteiger partial charge >= 0.3 is 0 Å². The Labute approximate surface area is 146 Å². The number of hydrogen-bond donors (Lipinski definition) is 2. The van der Waals surface area contributed by atoms with Gasteiger partial charge in [-0.15, -0.1) is 0 Å². The van der Waals surface area contributed by atoms with E-state index < -0.39 is 0 Å². The van der Waals surface area contributed by atoms with Crippen LogP contribution in [0, 0.1) is 6.92 Å². The SMILES string of the molecule is Cc1ccc(-c2ocnc2C(=O)NCCc2ccc(CO)cc2)cc1. The van der Waals surface area contributed by atoms with Gasteiger partial charge in [-0.3, -0.25) is 4.79 Å². The second-order valence-corrected chi connectivity index (χ2v) is 5.88. The lowest BCUT2D eigenvalue weighted by molar-refractivity contribution is 0.0950. The highest BCUT2D eigenvalue weighted by molar-refractivity contribution is 5.97. The average Bonchev–Trinajstić information content (AvgIpc) is 3.13. The van der Waals surface area contributed by atoms with Gasteiger partial charge in [0.2, 0.25) is 0 Å². The van der Waals surface area contributed by atoms with Crippen LogP contribution in [-0.4, -0.2) is 22.5 Å². The van der Waals surface area contributed by atoms with Crippen LogP contribution in [0.5, 0.6) is 0 Å². The molecular weight excluding hydrogens is 316 g/mol. The number of carbonyl (C=O) groups is 1. The number of rotatable bonds is 6. The van der Waals surface area contributed by atoms with Gasteiger partial charge in [0.15, 0.2) is 17.8 Å². The number of aryl methyl sites for hydroxylation is 1. The van der Waals surface area contributed by atoms with Crippen LogP contribution >= 0.6 is 0 Å². The van der Waals surface area contributed by atoms with E-state index in [4.69, 9.17) is 9.52 Å². The molecule has 0 bridgehead atoms. The molecule has 0 aliphatic heterocycles. The Morgan fingerprint density at radius 1 is 1.08 bits per heavy atom. The third-order valence-electron chi connectivity index (χ3n) is 4.00. The van der Waals surface area contributed by atoms with Gasteiger partial charge in [-0.1, -0.05) is 54.1 Å². The molecule has 1 amide bonds. The van der Waals surface area contributed by atoms with Gasteiger partial charge in [0.1, 0.15) is 0 Å². The molecule has 25 heavy (non-hydrogen) atoms. The highest BCUT2D eigenvalue weighted by Crippen LogP contribution is 2.23. The molecule has 2 N–H and O–H groups in total. The minimum Gasteiger partial charge on any atom is -0.443 e. The number of amides is 1. The van der Waals surface area contributed by atoms with Crippen LogP contribution in [0.3, 0.4) is 0 Å². The van der Waals surface area contributed by atoms with Crippen LogP contribution in [0.2, 0.25) is 0 Å². The fourth-order valence-electron chi connectivity index (χ4n) is 2.53. The van der Waals surface area contributed by atoms with Gasteiger partial charge in [0, 0.05) is 12.1 Å². The van der Waals surface area contributed by atoms with E-state index in [1.165, 1.54) is 6.39 Å². The summed E-state index contributed by atoms with van der Waals surface area (Å²) in [7, 11) is 0. The summed E-state index contributed by atoms with van der Waals surface area (Å²) in [6.45, 7) is 2.54. The lowest BCUT2D eigenvalue weighted by atomic mass is 10.1. The fraction of sp³-hybridized carbons (Fsp3) is 0.200. The molecule has 5 nitrogen and oxygen atoms in total. The van der Waals surface area contributed by atoms with E-state index in [2.05, 4.69) is 10.3 Å². The Kier molecular flexibility index (Phi) is 5.26. The molecule has 3 rings (SSSR count). The number of nitrogens with zero attached hydrogens (tertiary/aromatic N) is 1. The zero-order chi connectivity index (χ0) is 17.6. The predicted octanol–water partition coefficient (Wildman–Crippen LogP) is 3.11. The van der Waals surface area contributed by atoms with Crippen LogP contribution in [0.4, 0.5) is 0 Å². The summed E-state index contributed by atoms with van der Waals surface area (Å²) < 4.78 is 5.41. The topological polar surface area (TPSA) is 75.4 Å². The number of nitrogens with one attached hydrogen (secondary N) is 1. The van der Waals surface area contributed by atoms with Crippen molar-refractivity contribution in [3.63, 3.8) is 0 Å². The molecule has 0 unspecified atom stereocenters. The molecule has 1 aromatic heterocycles. The molecule has 0 saturated heterocycles. The summed E-state index contributed by atoms with van der Waals surface area (Å²) in [5.41, 5.74) is 4.23. The number of aliphatic hydroxyl groups is 1. The van der Waals surface area contributed by atoms with Crippen LogP contribution in [0.15, 0.2) is 59.3 Å². The van der Waals surface area contributed by atoms with Crippen molar-refractivity contribution in [3.8, 4) is 11.3 Å². The van der Waals surface area contributed by atoms with Crippen LogP contribution in [0.1, 0.15) is 27.2 Å². The molecule has 2 aromatic carbocycles. The van der Waals surface area contributed by atoms with Crippen molar-refractivity contribution in [2.75, 3.05) is 6.54 Å². The van der Waals surface area contributed by atoms with Gasteiger partial charge in [-0.05, 0) is 24.5 Å². The number of aliphatic hydroxyl groups excluding tert-OH is 1. The highest BCUT2D eigenvalue weighted by atomic mass is 16.3. The first-order valence-corrected chi connectivity index (χ1v) is 8.15. The maximum Gasteiger partial charge on any atom is 0.273 e. The molecule has 5 heteroatoms. The standard InChI is InChI=1S/C20H20N2O3/c1-14-2-8-17(9-3-14)19-18(22-13-25-19)20(24)21-11-10-15-4-6-16(12-23)7-5-15/h2-9,13,23H,10-12H2,1H3,(H,21,24). The normalized spacial score (nSPS) is 10.6. The first-order valence-electron chi connectivity index (χ1n) is 8.15. The summed E-state index contributed by atoms with van der Waals surface area (Å²) in [6, 6.07) is 15.4. The molecule has 0 saturated carbocycles. The number of carbonyl (C=O) groups excluding carboxylic acids is 1. The van der Waals surface area contributed by atoms with E-state index in [9.17, 15) is 4.79 Å². The van der Waals surface area contributed by atoms with Crippen molar-refractivity contribution in [1.29, 1.82) is 0 Å². The number of aromatic nitrogens is 1. The average molecular weight is 336 g/mol. The zero-order valence-corrected chi connectivity index (χ0v) is 14.0. The molecule has 128 valence electrons. The molecule has 0 atom stereocenters. The number of oxazole rings is 1. The van der Waals surface area contributed by atoms with Gasteiger partial charge in [-0.25, -0.2) is 4.98 Å². The fourth-order valence-corrected chi connectivity index (χ4v) is 2.53. The molecule has 0 aliphatic carbocycles. The zero-order valence-electron chi connectivity index (χ0n) is 14.0. The van der Waals surface area contributed by atoms with Crippen molar-refractivity contribution in [2.24, 2.45) is 0 Å². The number of benzene rings is 2. The predicted molar refractivity (Wildman–Crippen MR) is 95.1 cm³/mol. The molecule has 0 aliphatic rings. The van der Waals surface area contributed by atoms with Gasteiger partial charge in [0.25, 0.3) is 5.91 Å². The van der Waals surface area contributed by atoms with Crippen molar-refractivity contribution in [3.05, 3.63) is 77.3 Å². The molecular formula is C20H20N2O3. The maximum absolute atomic E-state index is 12.4.